The maximum Gasteiger partial charge on any atom is 0.360 e. The standard InChI is InChI=1S/C11H18O3Si/c1-11(2,3)15(4,5)14-10(12)9-7-6-8-13-9/h6-8H,1-5H3. The van der Waals surface area contributed by atoms with Crippen LogP contribution in [0.4, 0.5) is 0 Å². The minimum Gasteiger partial charge on any atom is -0.513 e. The molecule has 0 aromatic carbocycles. The van der Waals surface area contributed by atoms with Gasteiger partial charge in [0.05, 0.1) is 6.26 Å². The Balaban J connectivity index is 2.75. The number of rotatable bonds is 2. The summed E-state index contributed by atoms with van der Waals surface area (Å²) in [4.78, 5) is 11.7. The van der Waals surface area contributed by atoms with E-state index in [0.717, 1.165) is 0 Å². The lowest BCUT2D eigenvalue weighted by Crippen LogP contribution is -2.42. The monoisotopic (exact) mass is 226 g/mol. The molecule has 0 unspecified atom stereocenters. The second-order valence-corrected chi connectivity index (χ2v) is 9.85. The van der Waals surface area contributed by atoms with Crippen LogP contribution >= 0.6 is 0 Å². The summed E-state index contributed by atoms with van der Waals surface area (Å²) in [6.07, 6.45) is 1.47. The van der Waals surface area contributed by atoms with Crippen molar-refractivity contribution in [3.05, 3.63) is 24.2 Å². The second kappa shape index (κ2) is 3.85. The quantitative estimate of drug-likeness (QED) is 0.725. The van der Waals surface area contributed by atoms with Crippen LogP contribution in [-0.2, 0) is 4.43 Å². The molecule has 0 amide bonds. The molecule has 0 aliphatic rings. The minimum absolute atomic E-state index is 0.0231. The Hall–Kier alpha value is -1.03. The number of furan rings is 1. The van der Waals surface area contributed by atoms with Crippen LogP contribution in [0.3, 0.4) is 0 Å². The molecule has 1 aromatic heterocycles. The summed E-state index contributed by atoms with van der Waals surface area (Å²) >= 11 is 0. The van der Waals surface area contributed by atoms with Crippen LogP contribution in [0.2, 0.25) is 18.1 Å². The molecule has 1 heterocycles. The third kappa shape index (κ3) is 2.72. The summed E-state index contributed by atoms with van der Waals surface area (Å²) in [5.74, 6) is -0.0774. The average molecular weight is 226 g/mol. The molecule has 15 heavy (non-hydrogen) atoms. The summed E-state index contributed by atoms with van der Waals surface area (Å²) in [6.45, 7) is 10.3. The average Bonchev–Trinajstić information content (AvgIpc) is 2.51. The molecular formula is C11H18O3Si. The molecule has 4 heteroatoms. The number of hydrogen-bond donors (Lipinski definition) is 0. The van der Waals surface area contributed by atoms with Gasteiger partial charge in [-0.2, -0.15) is 0 Å². The van der Waals surface area contributed by atoms with E-state index in [4.69, 9.17) is 8.84 Å². The van der Waals surface area contributed by atoms with E-state index in [1.54, 1.807) is 12.1 Å². The van der Waals surface area contributed by atoms with Crippen molar-refractivity contribution < 1.29 is 13.6 Å². The lowest BCUT2D eigenvalue weighted by Gasteiger charge is -2.35. The van der Waals surface area contributed by atoms with E-state index in [2.05, 4.69) is 20.8 Å². The van der Waals surface area contributed by atoms with Crippen LogP contribution in [0, 0.1) is 0 Å². The highest BCUT2D eigenvalue weighted by molar-refractivity contribution is 6.75. The lowest BCUT2D eigenvalue weighted by molar-refractivity contribution is 0.0679. The first kappa shape index (κ1) is 12.0. The SMILES string of the molecule is CC(C)(C)[Si](C)(C)OC(=O)c1ccco1. The van der Waals surface area contributed by atoms with Crippen LogP contribution in [0.1, 0.15) is 31.3 Å². The topological polar surface area (TPSA) is 39.4 Å². The van der Waals surface area contributed by atoms with Crippen molar-refractivity contribution in [3.8, 4) is 0 Å². The third-order valence-corrected chi connectivity index (χ3v) is 7.18. The Morgan fingerprint density at radius 2 is 2.00 bits per heavy atom. The highest BCUT2D eigenvalue weighted by atomic mass is 28.4. The fourth-order valence-corrected chi connectivity index (χ4v) is 1.70. The van der Waals surface area contributed by atoms with Crippen molar-refractivity contribution >= 4 is 14.3 Å². The second-order valence-electron chi connectivity index (χ2n) is 5.13. The fraction of sp³-hybridized carbons (Fsp3) is 0.545. The van der Waals surface area contributed by atoms with E-state index in [-0.39, 0.29) is 16.8 Å². The zero-order valence-electron chi connectivity index (χ0n) is 9.96. The van der Waals surface area contributed by atoms with Gasteiger partial charge in [0.15, 0.2) is 0 Å². The van der Waals surface area contributed by atoms with Crippen LogP contribution in [0.15, 0.2) is 22.8 Å². The zero-order valence-corrected chi connectivity index (χ0v) is 11.0. The molecule has 1 aromatic rings. The van der Waals surface area contributed by atoms with Gasteiger partial charge in [-0.3, -0.25) is 0 Å². The van der Waals surface area contributed by atoms with E-state index in [0.29, 0.717) is 0 Å². The van der Waals surface area contributed by atoms with Gasteiger partial charge < -0.3 is 8.84 Å². The van der Waals surface area contributed by atoms with Crippen molar-refractivity contribution in [1.82, 2.24) is 0 Å². The molecule has 0 aliphatic carbocycles. The molecule has 0 radical (unpaired) electrons. The molecule has 84 valence electrons. The Bertz CT molecular complexity index is 333. The first-order valence-corrected chi connectivity index (χ1v) is 7.92. The van der Waals surface area contributed by atoms with Gasteiger partial charge in [-0.25, -0.2) is 4.79 Å². The van der Waals surface area contributed by atoms with Crippen LogP contribution < -0.4 is 0 Å². The first-order chi connectivity index (χ1) is 6.74. The molecule has 0 bridgehead atoms. The van der Waals surface area contributed by atoms with Gasteiger partial charge in [0.25, 0.3) is 8.32 Å². The molecule has 0 N–H and O–H groups in total. The first-order valence-electron chi connectivity index (χ1n) is 5.01. The van der Waals surface area contributed by atoms with Crippen molar-refractivity contribution in [3.63, 3.8) is 0 Å². The van der Waals surface area contributed by atoms with E-state index >= 15 is 0 Å². The molecule has 0 aliphatic heterocycles. The molecule has 1 rings (SSSR count). The molecular weight excluding hydrogens is 208 g/mol. The van der Waals surface area contributed by atoms with Gasteiger partial charge in [-0.1, -0.05) is 20.8 Å². The highest BCUT2D eigenvalue weighted by Gasteiger charge is 2.40. The fourth-order valence-electron chi connectivity index (χ4n) is 0.830. The third-order valence-electron chi connectivity index (χ3n) is 2.88. The summed E-state index contributed by atoms with van der Waals surface area (Å²) in [5.41, 5.74) is 0. The number of carbonyl (C=O) groups excluding carboxylic acids is 1. The predicted molar refractivity (Wildman–Crippen MR) is 61.3 cm³/mol. The van der Waals surface area contributed by atoms with Gasteiger partial charge >= 0.3 is 5.97 Å². The summed E-state index contributed by atoms with van der Waals surface area (Å²) < 4.78 is 10.6. The molecule has 0 saturated heterocycles. The maximum absolute atomic E-state index is 11.7. The van der Waals surface area contributed by atoms with E-state index < -0.39 is 8.32 Å². The number of hydrogen-bond acceptors (Lipinski definition) is 3. The van der Waals surface area contributed by atoms with Gasteiger partial charge in [0.2, 0.25) is 5.76 Å². The van der Waals surface area contributed by atoms with E-state index in [9.17, 15) is 4.79 Å². The minimum atomic E-state index is -2.03. The van der Waals surface area contributed by atoms with Gasteiger partial charge in [-0.05, 0) is 30.3 Å². The smallest absolute Gasteiger partial charge is 0.360 e. The maximum atomic E-state index is 11.7. The zero-order chi connectivity index (χ0) is 11.7. The van der Waals surface area contributed by atoms with Crippen LogP contribution in [-0.4, -0.2) is 14.3 Å². The van der Waals surface area contributed by atoms with Crippen molar-refractivity contribution in [2.75, 3.05) is 0 Å². The summed E-state index contributed by atoms with van der Waals surface area (Å²) in [7, 11) is -2.03. The molecule has 0 saturated carbocycles. The summed E-state index contributed by atoms with van der Waals surface area (Å²) in [5, 5.41) is 0.0231. The van der Waals surface area contributed by atoms with E-state index in [1.807, 2.05) is 13.1 Å². The van der Waals surface area contributed by atoms with Gasteiger partial charge in [0.1, 0.15) is 0 Å². The Kier molecular flexibility index (Phi) is 3.09. The van der Waals surface area contributed by atoms with Crippen molar-refractivity contribution in [1.29, 1.82) is 0 Å². The van der Waals surface area contributed by atoms with Gasteiger partial charge in [0, 0.05) is 0 Å². The highest BCUT2D eigenvalue weighted by Crippen LogP contribution is 2.37. The molecule has 0 fully saturated rings. The van der Waals surface area contributed by atoms with Crippen LogP contribution in [0.5, 0.6) is 0 Å². The Labute approximate surface area is 91.6 Å². The van der Waals surface area contributed by atoms with Gasteiger partial charge in [-0.15, -0.1) is 0 Å². The molecule has 3 nitrogen and oxygen atoms in total. The largest absolute Gasteiger partial charge is 0.513 e. The summed E-state index contributed by atoms with van der Waals surface area (Å²) in [6, 6.07) is 3.30. The normalized spacial score (nSPS) is 12.6. The van der Waals surface area contributed by atoms with E-state index in [1.165, 1.54) is 6.26 Å². The van der Waals surface area contributed by atoms with Crippen LogP contribution in [0.25, 0.3) is 0 Å². The Morgan fingerprint density at radius 3 is 2.40 bits per heavy atom. The number of carbonyl (C=O) groups is 1. The van der Waals surface area contributed by atoms with Crippen molar-refractivity contribution in [2.24, 2.45) is 0 Å². The van der Waals surface area contributed by atoms with Crippen molar-refractivity contribution in [2.45, 2.75) is 38.9 Å². The molecule has 0 atom stereocenters. The lowest BCUT2D eigenvalue weighted by atomic mass is 10.2. The predicted octanol–water partition coefficient (Wildman–Crippen LogP) is 3.44. The molecule has 0 spiro atoms. The Morgan fingerprint density at radius 1 is 1.40 bits per heavy atom.